The Morgan fingerprint density at radius 1 is 1.04 bits per heavy atom. The molecule has 0 aliphatic carbocycles. The maximum atomic E-state index is 12.6. The monoisotopic (exact) mass is 430 g/mol. The second-order valence-electron chi connectivity index (χ2n) is 7.63. The summed E-state index contributed by atoms with van der Waals surface area (Å²) in [7, 11) is 3.86. The average molecular weight is 431 g/mol. The first-order valence-corrected chi connectivity index (χ1v) is 12.5. The Morgan fingerprint density at radius 3 is 2.32 bits per heavy atom. The van der Waals surface area contributed by atoms with Gasteiger partial charge in [-0.3, -0.25) is 14.4 Å². The molecule has 160 valence electrons. The molecule has 0 radical (unpaired) electrons. The molecule has 28 heavy (non-hydrogen) atoms. The zero-order chi connectivity index (χ0) is 21.1. The Bertz CT molecular complexity index is 550. The predicted octanol–water partition coefficient (Wildman–Crippen LogP) is 3.28. The van der Waals surface area contributed by atoms with Crippen molar-refractivity contribution < 1.29 is 19.2 Å². The highest BCUT2D eigenvalue weighted by Crippen LogP contribution is 2.39. The Balaban J connectivity index is 2.47. The number of ketones is 2. The fourth-order valence-corrected chi connectivity index (χ4v) is 5.93. The highest BCUT2D eigenvalue weighted by molar-refractivity contribution is 8.77. The van der Waals surface area contributed by atoms with Crippen LogP contribution in [0.1, 0.15) is 72.6 Å². The summed E-state index contributed by atoms with van der Waals surface area (Å²) in [4.78, 5) is 47.7. The molecule has 1 fully saturated rings. The van der Waals surface area contributed by atoms with Gasteiger partial charge in [0.25, 0.3) is 0 Å². The van der Waals surface area contributed by atoms with Crippen LogP contribution in [-0.4, -0.2) is 46.5 Å². The first-order chi connectivity index (χ1) is 13.2. The van der Waals surface area contributed by atoms with E-state index in [4.69, 9.17) is 0 Å². The molecule has 1 aliphatic heterocycles. The zero-order valence-corrected chi connectivity index (χ0v) is 19.0. The molecule has 2 N–H and O–H groups in total. The van der Waals surface area contributed by atoms with Gasteiger partial charge in [-0.15, -0.1) is 0 Å². The molecule has 4 unspecified atom stereocenters. The third-order valence-corrected chi connectivity index (χ3v) is 8.11. The van der Waals surface area contributed by atoms with Gasteiger partial charge >= 0.3 is 0 Å². The van der Waals surface area contributed by atoms with Gasteiger partial charge < -0.3 is 15.4 Å². The van der Waals surface area contributed by atoms with Crippen molar-refractivity contribution in [3.63, 3.8) is 0 Å². The second-order valence-corrected chi connectivity index (χ2v) is 10.4. The van der Waals surface area contributed by atoms with E-state index in [1.165, 1.54) is 26.0 Å². The van der Waals surface area contributed by atoms with E-state index in [1.54, 1.807) is 13.8 Å². The summed E-state index contributed by atoms with van der Waals surface area (Å²) in [5, 5.41) is 6.28. The SMILES string of the molecule is CC(=O)CCC(NC(=O)CCCCC1CCSS1)C(=O)NC(C)C(C)C(C)=O. The molecule has 1 rings (SSSR count). The predicted molar refractivity (Wildman–Crippen MR) is 116 cm³/mol. The van der Waals surface area contributed by atoms with Crippen molar-refractivity contribution in [3.8, 4) is 0 Å². The number of amides is 2. The number of carbonyl (C=O) groups excluding carboxylic acids is 4. The minimum Gasteiger partial charge on any atom is -0.351 e. The Labute approximate surface area is 176 Å². The molecular formula is C20H34N2O4S2. The van der Waals surface area contributed by atoms with E-state index in [0.29, 0.717) is 11.7 Å². The summed E-state index contributed by atoms with van der Waals surface area (Å²) in [5.41, 5.74) is 0. The highest BCUT2D eigenvalue weighted by Gasteiger charge is 2.25. The molecule has 1 saturated heterocycles. The van der Waals surface area contributed by atoms with Crippen molar-refractivity contribution in [2.45, 2.75) is 90.0 Å². The van der Waals surface area contributed by atoms with Gasteiger partial charge in [0.1, 0.15) is 17.6 Å². The van der Waals surface area contributed by atoms with Crippen molar-refractivity contribution in [1.82, 2.24) is 10.6 Å². The zero-order valence-electron chi connectivity index (χ0n) is 17.4. The molecule has 1 heterocycles. The van der Waals surface area contributed by atoms with Gasteiger partial charge in [0.15, 0.2) is 0 Å². The number of hydrogen-bond acceptors (Lipinski definition) is 6. The lowest BCUT2D eigenvalue weighted by atomic mass is 9.99. The maximum Gasteiger partial charge on any atom is 0.242 e. The summed E-state index contributed by atoms with van der Waals surface area (Å²) < 4.78 is 0. The lowest BCUT2D eigenvalue weighted by Crippen LogP contribution is -2.51. The van der Waals surface area contributed by atoms with E-state index in [9.17, 15) is 19.2 Å². The van der Waals surface area contributed by atoms with Crippen molar-refractivity contribution in [2.24, 2.45) is 5.92 Å². The third-order valence-electron chi connectivity index (χ3n) is 5.11. The minimum atomic E-state index is -0.750. The van der Waals surface area contributed by atoms with Crippen LogP contribution in [0, 0.1) is 5.92 Å². The molecule has 2 amide bonds. The van der Waals surface area contributed by atoms with Crippen LogP contribution < -0.4 is 10.6 Å². The number of rotatable bonds is 13. The van der Waals surface area contributed by atoms with Crippen LogP contribution in [0.15, 0.2) is 0 Å². The summed E-state index contributed by atoms with van der Waals surface area (Å²) in [6.45, 7) is 6.49. The van der Waals surface area contributed by atoms with Gasteiger partial charge in [-0.25, -0.2) is 0 Å². The quantitative estimate of drug-likeness (QED) is 0.344. The minimum absolute atomic E-state index is 0.00375. The number of Topliss-reactive ketones (excluding diaryl/α,β-unsaturated/α-hetero) is 2. The molecular weight excluding hydrogens is 396 g/mol. The number of unbranched alkanes of at least 4 members (excludes halogenated alkanes) is 1. The van der Waals surface area contributed by atoms with Crippen LogP contribution in [0.25, 0.3) is 0 Å². The van der Waals surface area contributed by atoms with E-state index in [-0.39, 0.29) is 48.2 Å². The van der Waals surface area contributed by atoms with E-state index < -0.39 is 6.04 Å². The summed E-state index contributed by atoms with van der Waals surface area (Å²) in [5.74, 6) is 0.377. The molecule has 0 aromatic rings. The largest absolute Gasteiger partial charge is 0.351 e. The Morgan fingerprint density at radius 2 is 1.75 bits per heavy atom. The lowest BCUT2D eigenvalue weighted by molar-refractivity contribution is -0.130. The second kappa shape index (κ2) is 13.2. The van der Waals surface area contributed by atoms with Crippen LogP contribution in [0.3, 0.4) is 0 Å². The van der Waals surface area contributed by atoms with Gasteiger partial charge in [0.2, 0.25) is 11.8 Å². The standard InChI is InChI=1S/C20H34N2O4S2/c1-13(23)9-10-18(20(26)21-15(3)14(2)16(4)24)22-19(25)8-6-5-7-17-11-12-27-28-17/h14-15,17-18H,5-12H2,1-4H3,(H,21,26)(H,22,25). The van der Waals surface area contributed by atoms with Crippen LogP contribution in [-0.2, 0) is 19.2 Å². The molecule has 4 atom stereocenters. The molecule has 0 aromatic carbocycles. The van der Waals surface area contributed by atoms with Crippen LogP contribution in [0.4, 0.5) is 0 Å². The molecule has 8 heteroatoms. The number of carbonyl (C=O) groups is 4. The Hall–Kier alpha value is -1.02. The molecule has 0 bridgehead atoms. The number of nitrogens with one attached hydrogen (secondary N) is 2. The lowest BCUT2D eigenvalue weighted by Gasteiger charge is -2.23. The molecule has 0 aromatic heterocycles. The summed E-state index contributed by atoms with van der Waals surface area (Å²) >= 11 is 0. The fraction of sp³-hybridized carbons (Fsp3) is 0.800. The van der Waals surface area contributed by atoms with Gasteiger partial charge in [0, 0.05) is 35.8 Å². The normalized spacial score (nSPS) is 19.5. The first kappa shape index (κ1) is 25.0. The molecule has 6 nitrogen and oxygen atoms in total. The number of hydrogen-bond donors (Lipinski definition) is 2. The topological polar surface area (TPSA) is 92.3 Å². The van der Waals surface area contributed by atoms with Crippen molar-refractivity contribution in [2.75, 3.05) is 5.75 Å². The van der Waals surface area contributed by atoms with E-state index in [2.05, 4.69) is 10.6 Å². The van der Waals surface area contributed by atoms with Crippen molar-refractivity contribution in [3.05, 3.63) is 0 Å². The van der Waals surface area contributed by atoms with Crippen LogP contribution in [0.5, 0.6) is 0 Å². The van der Waals surface area contributed by atoms with Gasteiger partial charge in [-0.1, -0.05) is 34.9 Å². The van der Waals surface area contributed by atoms with Gasteiger partial charge in [-0.2, -0.15) is 0 Å². The van der Waals surface area contributed by atoms with Gasteiger partial charge in [-0.05, 0) is 46.5 Å². The van der Waals surface area contributed by atoms with Crippen LogP contribution in [0.2, 0.25) is 0 Å². The smallest absolute Gasteiger partial charge is 0.242 e. The summed E-state index contributed by atoms with van der Waals surface area (Å²) in [6.07, 6.45) is 5.05. The van der Waals surface area contributed by atoms with Crippen molar-refractivity contribution >= 4 is 45.0 Å². The summed E-state index contributed by atoms with van der Waals surface area (Å²) in [6, 6.07) is -1.08. The molecule has 1 aliphatic rings. The average Bonchev–Trinajstić information content (AvgIpc) is 3.14. The van der Waals surface area contributed by atoms with E-state index in [1.807, 2.05) is 21.6 Å². The first-order valence-electron chi connectivity index (χ1n) is 10.1. The van der Waals surface area contributed by atoms with Gasteiger partial charge in [0.05, 0.1) is 0 Å². The van der Waals surface area contributed by atoms with Crippen LogP contribution >= 0.6 is 21.6 Å². The highest BCUT2D eigenvalue weighted by atomic mass is 33.1. The maximum absolute atomic E-state index is 12.6. The Kier molecular flexibility index (Phi) is 11.8. The molecule has 0 spiro atoms. The molecule has 0 saturated carbocycles. The van der Waals surface area contributed by atoms with Crippen molar-refractivity contribution in [1.29, 1.82) is 0 Å². The third kappa shape index (κ3) is 9.96. The fourth-order valence-electron chi connectivity index (χ4n) is 2.91. The van der Waals surface area contributed by atoms with E-state index >= 15 is 0 Å². The van der Waals surface area contributed by atoms with E-state index in [0.717, 1.165) is 19.3 Å².